The number of hydrogen-bond acceptors (Lipinski definition) is 4. The Balaban J connectivity index is 1.44. The zero-order valence-corrected chi connectivity index (χ0v) is 13.1. The van der Waals surface area contributed by atoms with Gasteiger partial charge in [-0.3, -0.25) is 0 Å². The SMILES string of the molecule is C=CC1(O)CCCC2(C1)OOC1(O2)C2CC3CC(C2)CC1C3. The maximum atomic E-state index is 10.6. The zero-order chi connectivity index (χ0) is 15.0. The Kier molecular flexibility index (Phi) is 2.76. The fraction of sp³-hybridized carbons (Fsp3) is 0.889. The van der Waals surface area contributed by atoms with Gasteiger partial charge in [-0.15, -0.1) is 6.58 Å². The largest absolute Gasteiger partial charge is 0.386 e. The summed E-state index contributed by atoms with van der Waals surface area (Å²) >= 11 is 0. The molecule has 1 heterocycles. The van der Waals surface area contributed by atoms with Gasteiger partial charge in [-0.1, -0.05) is 6.08 Å². The second-order valence-corrected chi connectivity index (χ2v) is 8.54. The van der Waals surface area contributed by atoms with E-state index < -0.39 is 17.2 Å². The van der Waals surface area contributed by atoms with Crippen LogP contribution >= 0.6 is 0 Å². The van der Waals surface area contributed by atoms with E-state index in [0.717, 1.165) is 31.1 Å². The van der Waals surface area contributed by atoms with E-state index in [9.17, 15) is 5.11 Å². The summed E-state index contributed by atoms with van der Waals surface area (Å²) in [6.45, 7) is 3.79. The van der Waals surface area contributed by atoms with Crippen molar-refractivity contribution in [1.82, 2.24) is 0 Å². The molecule has 0 aromatic heterocycles. The van der Waals surface area contributed by atoms with Gasteiger partial charge in [-0.05, 0) is 56.8 Å². The lowest BCUT2D eigenvalue weighted by atomic mass is 9.53. The van der Waals surface area contributed by atoms with E-state index in [1.165, 1.54) is 32.1 Å². The summed E-state index contributed by atoms with van der Waals surface area (Å²) in [5.41, 5.74) is -0.890. The molecule has 0 aromatic rings. The van der Waals surface area contributed by atoms with Crippen LogP contribution in [-0.4, -0.2) is 22.3 Å². The molecule has 5 saturated carbocycles. The van der Waals surface area contributed by atoms with Crippen LogP contribution in [0.15, 0.2) is 12.7 Å². The molecular formula is C18H26O4. The van der Waals surface area contributed by atoms with Gasteiger partial charge in [0.2, 0.25) is 11.6 Å². The first-order valence-electron chi connectivity index (χ1n) is 8.98. The van der Waals surface area contributed by atoms with Crippen LogP contribution < -0.4 is 0 Å². The van der Waals surface area contributed by atoms with Gasteiger partial charge in [0.1, 0.15) is 0 Å². The monoisotopic (exact) mass is 306 g/mol. The highest BCUT2D eigenvalue weighted by atomic mass is 17.3. The van der Waals surface area contributed by atoms with Crippen LogP contribution in [0.4, 0.5) is 0 Å². The van der Waals surface area contributed by atoms with Crippen LogP contribution in [0.5, 0.6) is 0 Å². The van der Waals surface area contributed by atoms with Gasteiger partial charge in [0.05, 0.1) is 5.60 Å². The number of aliphatic hydroxyl groups is 1. The van der Waals surface area contributed by atoms with Crippen LogP contribution in [0, 0.1) is 23.7 Å². The van der Waals surface area contributed by atoms with E-state index in [4.69, 9.17) is 14.5 Å². The highest BCUT2D eigenvalue weighted by Gasteiger charge is 2.67. The summed E-state index contributed by atoms with van der Waals surface area (Å²) < 4.78 is 6.60. The molecule has 1 saturated heterocycles. The van der Waals surface area contributed by atoms with Crippen LogP contribution in [0.1, 0.15) is 57.8 Å². The van der Waals surface area contributed by atoms with Crippen molar-refractivity contribution in [3.63, 3.8) is 0 Å². The van der Waals surface area contributed by atoms with Crippen LogP contribution in [0.2, 0.25) is 0 Å². The molecule has 0 aromatic carbocycles. The van der Waals surface area contributed by atoms with Crippen molar-refractivity contribution in [2.45, 2.75) is 75.0 Å². The van der Waals surface area contributed by atoms with Crippen molar-refractivity contribution < 1.29 is 19.6 Å². The van der Waals surface area contributed by atoms with Crippen molar-refractivity contribution in [2.75, 3.05) is 0 Å². The number of ether oxygens (including phenoxy) is 1. The third kappa shape index (κ3) is 1.78. The molecule has 6 fully saturated rings. The minimum atomic E-state index is -0.890. The lowest BCUT2D eigenvalue weighted by Crippen LogP contribution is -2.59. The maximum Gasteiger partial charge on any atom is 0.210 e. The summed E-state index contributed by atoms with van der Waals surface area (Å²) in [5.74, 6) is 1.38. The lowest BCUT2D eigenvalue weighted by Gasteiger charge is -2.57. The minimum absolute atomic E-state index is 0.442. The van der Waals surface area contributed by atoms with Crippen LogP contribution in [0.25, 0.3) is 0 Å². The zero-order valence-electron chi connectivity index (χ0n) is 13.1. The first kappa shape index (κ1) is 14.0. The molecule has 0 amide bonds. The smallest absolute Gasteiger partial charge is 0.210 e. The Morgan fingerprint density at radius 1 is 0.955 bits per heavy atom. The van der Waals surface area contributed by atoms with E-state index >= 15 is 0 Å². The van der Waals surface area contributed by atoms with Crippen molar-refractivity contribution in [3.05, 3.63) is 12.7 Å². The van der Waals surface area contributed by atoms with Crippen molar-refractivity contribution >= 4 is 0 Å². The topological polar surface area (TPSA) is 47.9 Å². The van der Waals surface area contributed by atoms with Crippen LogP contribution in [-0.2, 0) is 14.5 Å². The normalized spacial score (nSPS) is 59.5. The molecule has 2 unspecified atom stereocenters. The average Bonchev–Trinajstić information content (AvgIpc) is 2.84. The molecule has 2 spiro atoms. The molecule has 122 valence electrons. The maximum absolute atomic E-state index is 10.6. The summed E-state index contributed by atoms with van der Waals surface area (Å²) in [5, 5.41) is 10.6. The quantitative estimate of drug-likeness (QED) is 0.596. The first-order chi connectivity index (χ1) is 10.5. The molecular weight excluding hydrogens is 280 g/mol. The summed E-state index contributed by atoms with van der Waals surface area (Å²) in [7, 11) is 0. The summed E-state index contributed by atoms with van der Waals surface area (Å²) in [6, 6.07) is 0. The Hall–Kier alpha value is -0.420. The number of rotatable bonds is 1. The molecule has 22 heavy (non-hydrogen) atoms. The highest BCUT2D eigenvalue weighted by molar-refractivity contribution is 5.08. The predicted octanol–water partition coefficient (Wildman–Crippen LogP) is 3.30. The molecule has 0 radical (unpaired) electrons. The fourth-order valence-electron chi connectivity index (χ4n) is 6.25. The van der Waals surface area contributed by atoms with Crippen molar-refractivity contribution in [2.24, 2.45) is 23.7 Å². The highest BCUT2D eigenvalue weighted by Crippen LogP contribution is 2.64. The fourth-order valence-corrected chi connectivity index (χ4v) is 6.25. The molecule has 6 rings (SSSR count). The molecule has 6 aliphatic rings. The Morgan fingerprint density at radius 2 is 1.64 bits per heavy atom. The van der Waals surface area contributed by atoms with E-state index in [1.807, 2.05) is 0 Å². The minimum Gasteiger partial charge on any atom is -0.386 e. The van der Waals surface area contributed by atoms with E-state index in [0.29, 0.717) is 18.3 Å². The predicted molar refractivity (Wildman–Crippen MR) is 79.4 cm³/mol. The van der Waals surface area contributed by atoms with Gasteiger partial charge < -0.3 is 9.84 Å². The molecule has 1 N–H and O–H groups in total. The average molecular weight is 306 g/mol. The van der Waals surface area contributed by atoms with Crippen molar-refractivity contribution in [3.8, 4) is 0 Å². The second kappa shape index (κ2) is 4.35. The number of hydrogen-bond donors (Lipinski definition) is 1. The summed E-state index contributed by atoms with van der Waals surface area (Å²) in [4.78, 5) is 11.8. The second-order valence-electron chi connectivity index (χ2n) is 8.54. The van der Waals surface area contributed by atoms with Gasteiger partial charge in [-0.25, -0.2) is 0 Å². The standard InChI is InChI=1S/C18H26O4/c1-2-16(19)4-3-5-17(11-16)20-18(22-21-17)14-7-12-6-13(9-14)10-15(18)8-12/h2,12-15,19H,1,3-11H2. The van der Waals surface area contributed by atoms with Crippen LogP contribution in [0.3, 0.4) is 0 Å². The van der Waals surface area contributed by atoms with Gasteiger partial charge in [0, 0.05) is 24.7 Å². The molecule has 4 heteroatoms. The Bertz CT molecular complexity index is 475. The van der Waals surface area contributed by atoms with E-state index in [-0.39, 0.29) is 0 Å². The van der Waals surface area contributed by atoms with E-state index in [1.54, 1.807) is 6.08 Å². The van der Waals surface area contributed by atoms with Gasteiger partial charge in [-0.2, -0.15) is 9.78 Å². The molecule has 2 atom stereocenters. The first-order valence-corrected chi connectivity index (χ1v) is 8.98. The molecule has 5 aliphatic carbocycles. The lowest BCUT2D eigenvalue weighted by molar-refractivity contribution is -0.391. The third-order valence-corrected chi connectivity index (χ3v) is 7.07. The summed E-state index contributed by atoms with van der Waals surface area (Å²) in [6.07, 6.45) is 10.8. The molecule has 4 bridgehead atoms. The third-order valence-electron chi connectivity index (χ3n) is 7.07. The van der Waals surface area contributed by atoms with E-state index in [2.05, 4.69) is 6.58 Å². The molecule has 1 aliphatic heterocycles. The van der Waals surface area contributed by atoms with Gasteiger partial charge in [0.25, 0.3) is 0 Å². The Labute approximate surface area is 131 Å². The van der Waals surface area contributed by atoms with Crippen molar-refractivity contribution in [1.29, 1.82) is 0 Å². The van der Waals surface area contributed by atoms with Gasteiger partial charge >= 0.3 is 0 Å². The van der Waals surface area contributed by atoms with Gasteiger partial charge in [0.15, 0.2) is 0 Å². The Morgan fingerprint density at radius 3 is 2.27 bits per heavy atom. The molecule has 4 nitrogen and oxygen atoms in total.